The second-order valence-electron chi connectivity index (χ2n) is 11.8. The fourth-order valence-electron chi connectivity index (χ4n) is 6.50. The summed E-state index contributed by atoms with van der Waals surface area (Å²) < 4.78 is 3.62. The fourth-order valence-corrected chi connectivity index (χ4v) is 7.10. The molecule has 36 heavy (non-hydrogen) atoms. The van der Waals surface area contributed by atoms with Crippen LogP contribution in [0.1, 0.15) is 51.7 Å². The van der Waals surface area contributed by atoms with Crippen molar-refractivity contribution < 1.29 is 0 Å². The average Bonchev–Trinajstić information content (AvgIpc) is 3.20. The van der Waals surface area contributed by atoms with E-state index in [-0.39, 0.29) is 10.8 Å². The molecule has 2 heteroatoms. The van der Waals surface area contributed by atoms with E-state index in [9.17, 15) is 0 Å². The zero-order valence-corrected chi connectivity index (χ0v) is 22.9. The minimum atomic E-state index is 0.159. The molecule has 178 valence electrons. The Balaban J connectivity index is 1.69. The summed E-state index contributed by atoms with van der Waals surface area (Å²) in [5, 5.41) is 7.82. The Bertz CT molecular complexity index is 1850. The summed E-state index contributed by atoms with van der Waals surface area (Å²) in [6, 6.07) is 31.7. The van der Waals surface area contributed by atoms with E-state index >= 15 is 0 Å². The Kier molecular flexibility index (Phi) is 4.58. The molecule has 0 unspecified atom stereocenters. The topological polar surface area (TPSA) is 4.93 Å². The third-order valence-electron chi connectivity index (χ3n) is 8.68. The summed E-state index contributed by atoms with van der Waals surface area (Å²) in [5.41, 5.74) is 7.11. The first kappa shape index (κ1) is 22.1. The highest BCUT2D eigenvalue weighted by Crippen LogP contribution is 2.49. The van der Waals surface area contributed by atoms with Gasteiger partial charge in [-0.15, -0.1) is 0 Å². The van der Waals surface area contributed by atoms with Gasteiger partial charge in [-0.2, -0.15) is 0 Å². The average molecular weight is 533 g/mol. The SMILES string of the molecule is CC1(C)CCC(C)(C)c2cc3c(cc21)c1c2ccccc2ccc1n3-c1cc(Br)c2ccccc2c1. The molecule has 0 aliphatic heterocycles. The second-order valence-corrected chi connectivity index (χ2v) is 12.7. The number of halogens is 1. The number of fused-ring (bicyclic) bond motifs is 7. The van der Waals surface area contributed by atoms with Gasteiger partial charge in [0, 0.05) is 20.9 Å². The van der Waals surface area contributed by atoms with Gasteiger partial charge in [0.05, 0.1) is 11.0 Å². The van der Waals surface area contributed by atoms with Gasteiger partial charge in [-0.1, -0.05) is 98.2 Å². The van der Waals surface area contributed by atoms with Gasteiger partial charge in [-0.05, 0) is 86.7 Å². The second kappa shape index (κ2) is 7.46. The normalized spacial score (nSPS) is 16.7. The first-order chi connectivity index (χ1) is 17.2. The lowest BCUT2D eigenvalue weighted by Crippen LogP contribution is -2.33. The maximum absolute atomic E-state index is 3.88. The number of rotatable bonds is 1. The van der Waals surface area contributed by atoms with Crippen LogP contribution >= 0.6 is 15.9 Å². The molecule has 0 fully saturated rings. The summed E-state index contributed by atoms with van der Waals surface area (Å²) in [7, 11) is 0. The summed E-state index contributed by atoms with van der Waals surface area (Å²) in [6.07, 6.45) is 2.43. The van der Waals surface area contributed by atoms with Gasteiger partial charge >= 0.3 is 0 Å². The third kappa shape index (κ3) is 3.07. The quantitative estimate of drug-likeness (QED) is 0.199. The third-order valence-corrected chi connectivity index (χ3v) is 9.34. The highest BCUT2D eigenvalue weighted by molar-refractivity contribution is 9.10. The monoisotopic (exact) mass is 531 g/mol. The molecule has 7 rings (SSSR count). The van der Waals surface area contributed by atoms with E-state index < -0.39 is 0 Å². The number of benzene rings is 5. The van der Waals surface area contributed by atoms with Crippen molar-refractivity contribution in [1.29, 1.82) is 0 Å². The molecule has 1 aliphatic carbocycles. The summed E-state index contributed by atoms with van der Waals surface area (Å²) in [6.45, 7) is 9.68. The Morgan fingerprint density at radius 1 is 0.611 bits per heavy atom. The van der Waals surface area contributed by atoms with E-state index in [1.807, 2.05) is 0 Å². The number of nitrogens with zero attached hydrogens (tertiary/aromatic N) is 1. The molecule has 0 saturated heterocycles. The van der Waals surface area contributed by atoms with Crippen molar-refractivity contribution >= 4 is 59.3 Å². The molecular weight excluding hydrogens is 502 g/mol. The predicted octanol–water partition coefficient (Wildman–Crippen LogP) is 10.2. The summed E-state index contributed by atoms with van der Waals surface area (Å²) in [5.74, 6) is 0. The Morgan fingerprint density at radius 3 is 2.00 bits per heavy atom. The van der Waals surface area contributed by atoms with Crippen molar-refractivity contribution in [3.8, 4) is 5.69 Å². The van der Waals surface area contributed by atoms with Crippen LogP contribution in [0.5, 0.6) is 0 Å². The van der Waals surface area contributed by atoms with Crippen LogP contribution in [0.15, 0.2) is 89.4 Å². The maximum Gasteiger partial charge on any atom is 0.0547 e. The first-order valence-electron chi connectivity index (χ1n) is 12.9. The van der Waals surface area contributed by atoms with Gasteiger partial charge in [0.15, 0.2) is 0 Å². The standard InChI is InChI=1S/C34H30BrN/c1-33(2)15-16-34(3,4)28-20-31-26(19-27(28)33)32-25-12-8-5-9-21(25)13-14-30(32)36(31)23-17-22-10-6-7-11-24(22)29(35)18-23/h5-14,17-20H,15-16H2,1-4H3. The van der Waals surface area contributed by atoms with Crippen molar-refractivity contribution in [2.75, 3.05) is 0 Å². The fraction of sp³-hybridized carbons (Fsp3) is 0.235. The highest BCUT2D eigenvalue weighted by atomic mass is 79.9. The van der Waals surface area contributed by atoms with Gasteiger partial charge in [0.1, 0.15) is 0 Å². The van der Waals surface area contributed by atoms with Crippen molar-refractivity contribution in [3.05, 3.63) is 101 Å². The van der Waals surface area contributed by atoms with Crippen LogP contribution in [0.2, 0.25) is 0 Å². The van der Waals surface area contributed by atoms with Crippen LogP contribution in [0.4, 0.5) is 0 Å². The van der Waals surface area contributed by atoms with E-state index in [4.69, 9.17) is 0 Å². The molecule has 0 radical (unpaired) electrons. The lowest BCUT2D eigenvalue weighted by atomic mass is 9.63. The van der Waals surface area contributed by atoms with Crippen molar-refractivity contribution in [2.45, 2.75) is 51.4 Å². The molecule has 1 aromatic heterocycles. The minimum Gasteiger partial charge on any atom is -0.309 e. The Hall–Kier alpha value is -3.10. The summed E-state index contributed by atoms with van der Waals surface area (Å²) in [4.78, 5) is 0. The molecule has 0 amide bonds. The van der Waals surface area contributed by atoms with Crippen LogP contribution in [0.25, 0.3) is 49.0 Å². The molecule has 1 aliphatic rings. The number of hydrogen-bond acceptors (Lipinski definition) is 0. The molecule has 1 nitrogen and oxygen atoms in total. The Morgan fingerprint density at radius 2 is 1.25 bits per heavy atom. The van der Waals surface area contributed by atoms with Gasteiger partial charge in [-0.3, -0.25) is 0 Å². The zero-order chi connectivity index (χ0) is 24.8. The molecule has 5 aromatic carbocycles. The Labute approximate surface area is 220 Å². The predicted molar refractivity (Wildman–Crippen MR) is 159 cm³/mol. The molecule has 0 saturated carbocycles. The molecule has 6 aromatic rings. The van der Waals surface area contributed by atoms with Crippen LogP contribution in [0.3, 0.4) is 0 Å². The molecule has 0 spiro atoms. The van der Waals surface area contributed by atoms with E-state index in [0.29, 0.717) is 0 Å². The van der Waals surface area contributed by atoms with Gasteiger partial charge < -0.3 is 4.57 Å². The minimum absolute atomic E-state index is 0.159. The molecule has 0 atom stereocenters. The van der Waals surface area contributed by atoms with Crippen LogP contribution in [-0.2, 0) is 10.8 Å². The van der Waals surface area contributed by atoms with Gasteiger partial charge in [-0.25, -0.2) is 0 Å². The largest absolute Gasteiger partial charge is 0.309 e. The molecular formula is C34H30BrN. The maximum atomic E-state index is 3.88. The van der Waals surface area contributed by atoms with Crippen LogP contribution in [-0.4, -0.2) is 4.57 Å². The molecule has 1 heterocycles. The van der Waals surface area contributed by atoms with E-state index in [2.05, 4.69) is 133 Å². The molecule has 0 bridgehead atoms. The lowest BCUT2D eigenvalue weighted by molar-refractivity contribution is 0.332. The van der Waals surface area contributed by atoms with Crippen LogP contribution < -0.4 is 0 Å². The smallest absolute Gasteiger partial charge is 0.0547 e. The van der Waals surface area contributed by atoms with Crippen molar-refractivity contribution in [2.24, 2.45) is 0 Å². The number of aromatic nitrogens is 1. The van der Waals surface area contributed by atoms with E-state index in [1.54, 1.807) is 0 Å². The first-order valence-corrected chi connectivity index (χ1v) is 13.7. The van der Waals surface area contributed by atoms with E-state index in [0.717, 1.165) is 4.47 Å². The lowest BCUT2D eigenvalue weighted by Gasteiger charge is -2.42. The van der Waals surface area contributed by atoms with Gasteiger partial charge in [0.2, 0.25) is 0 Å². The van der Waals surface area contributed by atoms with Crippen LogP contribution in [0, 0.1) is 0 Å². The van der Waals surface area contributed by atoms with Crippen molar-refractivity contribution in [3.63, 3.8) is 0 Å². The molecule has 0 N–H and O–H groups in total. The van der Waals surface area contributed by atoms with E-state index in [1.165, 1.54) is 73.0 Å². The van der Waals surface area contributed by atoms with Crippen molar-refractivity contribution in [1.82, 2.24) is 4.57 Å². The number of hydrogen-bond donors (Lipinski definition) is 0. The highest BCUT2D eigenvalue weighted by Gasteiger charge is 2.38. The summed E-state index contributed by atoms with van der Waals surface area (Å²) >= 11 is 3.88. The zero-order valence-electron chi connectivity index (χ0n) is 21.3. The van der Waals surface area contributed by atoms with Gasteiger partial charge in [0.25, 0.3) is 0 Å².